The van der Waals surface area contributed by atoms with Crippen LogP contribution in [-0.4, -0.2) is 16.9 Å². The van der Waals surface area contributed by atoms with Crippen molar-refractivity contribution in [2.75, 3.05) is 0 Å². The quantitative estimate of drug-likeness (QED) is 0.449. The summed E-state index contributed by atoms with van der Waals surface area (Å²) in [6, 6.07) is 19.9. The first-order valence-electron chi connectivity index (χ1n) is 8.51. The number of fused-ring (bicyclic) bond motifs is 2. The van der Waals surface area contributed by atoms with Gasteiger partial charge in [0.05, 0.1) is 10.9 Å². The number of ketones is 1. The lowest BCUT2D eigenvalue weighted by molar-refractivity contribution is 0.0474. The van der Waals surface area contributed by atoms with Gasteiger partial charge in [-0.1, -0.05) is 59.8 Å². The molecule has 0 N–H and O–H groups in total. The summed E-state index contributed by atoms with van der Waals surface area (Å²) in [6.07, 6.45) is 0. The van der Waals surface area contributed by atoms with E-state index in [1.165, 1.54) is 0 Å². The van der Waals surface area contributed by atoms with E-state index in [0.717, 1.165) is 5.56 Å². The molecule has 1 aliphatic rings. The van der Waals surface area contributed by atoms with Gasteiger partial charge in [-0.15, -0.1) is 0 Å². The molecule has 0 unspecified atom stereocenters. The average molecular weight is 355 g/mol. The van der Waals surface area contributed by atoms with Gasteiger partial charge in [-0.3, -0.25) is 4.79 Å². The largest absolute Gasteiger partial charge is 0.457 e. The number of aromatic nitrogens is 1. The lowest BCUT2D eigenvalue weighted by atomic mass is 9.87. The number of esters is 1. The van der Waals surface area contributed by atoms with Gasteiger partial charge in [-0.25, -0.2) is 4.79 Å². The molecule has 5 rings (SSSR count). The minimum Gasteiger partial charge on any atom is -0.457 e. The Balaban J connectivity index is 1.57. The molecule has 0 spiro atoms. The highest BCUT2D eigenvalue weighted by atomic mass is 16.5. The molecule has 4 aromatic rings. The third-order valence-corrected chi connectivity index (χ3v) is 4.73. The Morgan fingerprint density at radius 1 is 0.889 bits per heavy atom. The third kappa shape index (κ3) is 2.36. The van der Waals surface area contributed by atoms with Crippen LogP contribution in [0.2, 0.25) is 0 Å². The summed E-state index contributed by atoms with van der Waals surface area (Å²) >= 11 is 0. The van der Waals surface area contributed by atoms with Crippen molar-refractivity contribution < 1.29 is 18.8 Å². The third-order valence-electron chi connectivity index (χ3n) is 4.73. The van der Waals surface area contributed by atoms with Crippen molar-refractivity contribution in [2.24, 2.45) is 0 Å². The number of nitrogens with zero attached hydrogens (tertiary/aromatic N) is 1. The maximum atomic E-state index is 12.8. The molecule has 0 atom stereocenters. The van der Waals surface area contributed by atoms with Gasteiger partial charge < -0.3 is 9.26 Å². The number of carbonyl (C=O) groups excluding carboxylic acids is 2. The van der Waals surface area contributed by atoms with Gasteiger partial charge in [0, 0.05) is 16.7 Å². The Hall–Kier alpha value is -3.73. The minimum absolute atomic E-state index is 0.101. The van der Waals surface area contributed by atoms with Crippen LogP contribution in [0.3, 0.4) is 0 Å². The van der Waals surface area contributed by atoms with Crippen LogP contribution in [-0.2, 0) is 11.3 Å². The molecule has 0 aliphatic heterocycles. The van der Waals surface area contributed by atoms with Gasteiger partial charge in [-0.2, -0.15) is 0 Å². The van der Waals surface area contributed by atoms with Crippen molar-refractivity contribution in [2.45, 2.75) is 6.61 Å². The van der Waals surface area contributed by atoms with Crippen LogP contribution in [0.4, 0.5) is 0 Å². The molecule has 1 heterocycles. The summed E-state index contributed by atoms with van der Waals surface area (Å²) in [7, 11) is 0. The molecule has 1 aromatic heterocycles. The fourth-order valence-corrected chi connectivity index (χ4v) is 3.42. The molecule has 0 saturated heterocycles. The molecule has 0 fully saturated rings. The normalized spacial score (nSPS) is 12.1. The lowest BCUT2D eigenvalue weighted by Gasteiger charge is -2.14. The molecule has 0 radical (unpaired) electrons. The van der Waals surface area contributed by atoms with Gasteiger partial charge >= 0.3 is 5.97 Å². The van der Waals surface area contributed by atoms with Crippen LogP contribution < -0.4 is 0 Å². The molecule has 5 heteroatoms. The van der Waals surface area contributed by atoms with Crippen LogP contribution in [0.25, 0.3) is 22.2 Å². The Kier molecular flexibility index (Phi) is 3.40. The molecule has 27 heavy (non-hydrogen) atoms. The molecule has 0 amide bonds. The predicted molar refractivity (Wildman–Crippen MR) is 98.4 cm³/mol. The second kappa shape index (κ2) is 5.92. The fraction of sp³-hybridized carbons (Fsp3) is 0.0455. The average Bonchev–Trinajstić information content (AvgIpc) is 3.16. The first-order chi connectivity index (χ1) is 13.2. The Bertz CT molecular complexity index is 1210. The highest BCUT2D eigenvalue weighted by molar-refractivity contribution is 6.26. The smallest absolute Gasteiger partial charge is 0.340 e. The summed E-state index contributed by atoms with van der Waals surface area (Å²) < 4.78 is 10.9. The zero-order valence-electron chi connectivity index (χ0n) is 14.1. The molecule has 0 bridgehead atoms. The van der Waals surface area contributed by atoms with Crippen molar-refractivity contribution >= 4 is 22.7 Å². The number of hydrogen-bond acceptors (Lipinski definition) is 5. The van der Waals surface area contributed by atoms with E-state index in [1.54, 1.807) is 18.2 Å². The maximum absolute atomic E-state index is 12.8. The van der Waals surface area contributed by atoms with Gasteiger partial charge in [0.25, 0.3) is 0 Å². The zero-order valence-corrected chi connectivity index (χ0v) is 14.1. The SMILES string of the molecule is O=C(OCc1ccccc1)c1ccc2c3c(onc13)-c1ccccc1C2=O. The minimum atomic E-state index is -0.503. The van der Waals surface area contributed by atoms with Gasteiger partial charge in [-0.05, 0) is 17.7 Å². The maximum Gasteiger partial charge on any atom is 0.340 e. The number of ether oxygens (including phenoxy) is 1. The van der Waals surface area contributed by atoms with E-state index < -0.39 is 5.97 Å². The Morgan fingerprint density at radius 3 is 2.44 bits per heavy atom. The molecule has 5 nitrogen and oxygen atoms in total. The van der Waals surface area contributed by atoms with Gasteiger partial charge in [0.2, 0.25) is 0 Å². The number of benzene rings is 3. The van der Waals surface area contributed by atoms with Crippen molar-refractivity contribution in [3.8, 4) is 11.3 Å². The van der Waals surface area contributed by atoms with Crippen molar-refractivity contribution in [1.82, 2.24) is 5.16 Å². The fourth-order valence-electron chi connectivity index (χ4n) is 3.42. The van der Waals surface area contributed by atoms with Crippen molar-refractivity contribution in [3.63, 3.8) is 0 Å². The van der Waals surface area contributed by atoms with E-state index in [4.69, 9.17) is 9.26 Å². The molecule has 0 saturated carbocycles. The number of hydrogen-bond donors (Lipinski definition) is 0. The highest BCUT2D eigenvalue weighted by Gasteiger charge is 2.31. The Labute approximate surface area is 154 Å². The van der Waals surface area contributed by atoms with Crippen LogP contribution in [0.5, 0.6) is 0 Å². The summed E-state index contributed by atoms with van der Waals surface area (Å²) in [6.45, 7) is 0.162. The Morgan fingerprint density at radius 2 is 1.63 bits per heavy atom. The van der Waals surface area contributed by atoms with Crippen LogP contribution in [0, 0.1) is 0 Å². The van der Waals surface area contributed by atoms with E-state index in [2.05, 4.69) is 5.16 Å². The number of carbonyl (C=O) groups is 2. The summed E-state index contributed by atoms with van der Waals surface area (Å²) in [5, 5.41) is 4.63. The first kappa shape index (κ1) is 15.5. The monoisotopic (exact) mass is 355 g/mol. The molecular weight excluding hydrogens is 342 g/mol. The second-order valence-electron chi connectivity index (χ2n) is 6.33. The number of rotatable bonds is 3. The van der Waals surface area contributed by atoms with Crippen molar-refractivity contribution in [1.29, 1.82) is 0 Å². The standard InChI is InChI=1S/C22H13NO4/c24-20-14-8-4-5-9-15(14)21-18-16(20)10-11-17(19(18)23-27-21)22(25)26-12-13-6-2-1-3-7-13/h1-11H,12H2. The highest BCUT2D eigenvalue weighted by Crippen LogP contribution is 2.40. The van der Waals surface area contributed by atoms with Gasteiger partial charge in [0.1, 0.15) is 12.1 Å². The molecular formula is C22H13NO4. The summed E-state index contributed by atoms with van der Waals surface area (Å²) in [4.78, 5) is 25.4. The van der Waals surface area contributed by atoms with E-state index in [-0.39, 0.29) is 18.0 Å². The first-order valence-corrected chi connectivity index (χ1v) is 8.51. The van der Waals surface area contributed by atoms with Crippen LogP contribution >= 0.6 is 0 Å². The van der Waals surface area contributed by atoms with E-state index in [1.807, 2.05) is 48.5 Å². The van der Waals surface area contributed by atoms with E-state index in [9.17, 15) is 9.59 Å². The zero-order chi connectivity index (χ0) is 18.4. The van der Waals surface area contributed by atoms with E-state index in [0.29, 0.717) is 33.4 Å². The summed E-state index contributed by atoms with van der Waals surface area (Å²) in [5.41, 5.74) is 3.27. The predicted octanol–water partition coefficient (Wildman–Crippen LogP) is 4.40. The van der Waals surface area contributed by atoms with Crippen molar-refractivity contribution in [3.05, 3.63) is 89.0 Å². The molecule has 3 aromatic carbocycles. The van der Waals surface area contributed by atoms with Crippen LogP contribution in [0.15, 0.2) is 71.3 Å². The topological polar surface area (TPSA) is 69.4 Å². The van der Waals surface area contributed by atoms with Gasteiger partial charge in [0.15, 0.2) is 11.5 Å². The van der Waals surface area contributed by atoms with E-state index >= 15 is 0 Å². The summed E-state index contributed by atoms with van der Waals surface area (Å²) in [5.74, 6) is -0.0972. The second-order valence-corrected chi connectivity index (χ2v) is 6.33. The molecule has 130 valence electrons. The molecule has 1 aliphatic carbocycles. The lowest BCUT2D eigenvalue weighted by Crippen LogP contribution is -2.11. The van der Waals surface area contributed by atoms with Crippen LogP contribution in [0.1, 0.15) is 31.8 Å².